The third-order valence-electron chi connectivity index (χ3n) is 2.00. The summed E-state index contributed by atoms with van der Waals surface area (Å²) in [5.41, 5.74) is 0.286. The Morgan fingerprint density at radius 1 is 1.67 bits per heavy atom. The number of benzene rings is 1. The first-order valence-corrected chi connectivity index (χ1v) is 5.45. The van der Waals surface area contributed by atoms with Crippen LogP contribution >= 0.6 is 27.5 Å². The molecule has 0 saturated heterocycles. The largest absolute Gasteiger partial charge is 0.388 e. The van der Waals surface area contributed by atoms with Gasteiger partial charge >= 0.3 is 0 Å². The third kappa shape index (κ3) is 2.68. The number of nitrogens with zero attached hydrogens (tertiary/aromatic N) is 1. The van der Waals surface area contributed by atoms with Crippen molar-refractivity contribution in [3.8, 4) is 0 Å². The van der Waals surface area contributed by atoms with Crippen LogP contribution in [0.25, 0.3) is 0 Å². The van der Waals surface area contributed by atoms with Gasteiger partial charge in [-0.25, -0.2) is 0 Å². The minimum atomic E-state index is -0.784. The summed E-state index contributed by atoms with van der Waals surface area (Å²) in [6, 6.07) is 2.61. The zero-order valence-corrected chi connectivity index (χ0v) is 10.2. The van der Waals surface area contributed by atoms with E-state index in [2.05, 4.69) is 15.9 Å². The lowest BCUT2D eigenvalue weighted by atomic mass is 10.1. The Balaban J connectivity index is 3.31. The lowest BCUT2D eigenvalue weighted by Crippen LogP contribution is -1.99. The fraction of sp³-hybridized carbons (Fsp3) is 0.333. The number of aliphatic hydroxyl groups excluding tert-OH is 1. The number of aliphatic hydroxyl groups is 1. The fourth-order valence-corrected chi connectivity index (χ4v) is 1.86. The van der Waals surface area contributed by atoms with Gasteiger partial charge in [0.1, 0.15) is 0 Å². The summed E-state index contributed by atoms with van der Waals surface area (Å²) in [7, 11) is 0. The van der Waals surface area contributed by atoms with Crippen LogP contribution < -0.4 is 0 Å². The summed E-state index contributed by atoms with van der Waals surface area (Å²) < 4.78 is 0.417. The van der Waals surface area contributed by atoms with Gasteiger partial charge in [-0.05, 0) is 22.4 Å². The average Bonchev–Trinajstić information content (AvgIpc) is 2.20. The zero-order chi connectivity index (χ0) is 11.6. The quantitative estimate of drug-likeness (QED) is 0.686. The predicted molar refractivity (Wildman–Crippen MR) is 61.1 cm³/mol. The van der Waals surface area contributed by atoms with E-state index < -0.39 is 11.0 Å². The maximum atomic E-state index is 10.6. The van der Waals surface area contributed by atoms with Crippen LogP contribution in [0.3, 0.4) is 0 Å². The molecule has 1 atom stereocenters. The monoisotopic (exact) mass is 293 g/mol. The van der Waals surface area contributed by atoms with Crippen molar-refractivity contribution in [3.05, 3.63) is 37.3 Å². The SMILES string of the molecule is CCC(O)c1cc([N+](=O)[O-])cc(Br)c1Cl. The van der Waals surface area contributed by atoms with E-state index in [1.165, 1.54) is 12.1 Å². The molecule has 82 valence electrons. The molecule has 1 aromatic carbocycles. The highest BCUT2D eigenvalue weighted by Gasteiger charge is 2.18. The molecule has 0 aromatic heterocycles. The average molecular weight is 295 g/mol. The van der Waals surface area contributed by atoms with Crippen molar-refractivity contribution in [2.24, 2.45) is 0 Å². The van der Waals surface area contributed by atoms with E-state index in [9.17, 15) is 15.2 Å². The number of halogens is 2. The number of nitro groups is 1. The van der Waals surface area contributed by atoms with E-state index in [1.807, 2.05) is 0 Å². The summed E-state index contributed by atoms with van der Waals surface area (Å²) in [6.07, 6.45) is -0.332. The molecule has 0 radical (unpaired) electrons. The van der Waals surface area contributed by atoms with Crippen LogP contribution in [-0.4, -0.2) is 10.0 Å². The third-order valence-corrected chi connectivity index (χ3v) is 3.27. The van der Waals surface area contributed by atoms with Crippen molar-refractivity contribution in [1.29, 1.82) is 0 Å². The normalized spacial score (nSPS) is 12.5. The van der Waals surface area contributed by atoms with E-state index in [4.69, 9.17) is 11.6 Å². The van der Waals surface area contributed by atoms with Crippen LogP contribution in [-0.2, 0) is 0 Å². The molecule has 1 unspecified atom stereocenters. The molecule has 15 heavy (non-hydrogen) atoms. The van der Waals surface area contributed by atoms with Gasteiger partial charge in [0.25, 0.3) is 5.69 Å². The number of nitro benzene ring substituents is 1. The van der Waals surface area contributed by atoms with Gasteiger partial charge in [-0.1, -0.05) is 18.5 Å². The van der Waals surface area contributed by atoms with E-state index in [1.54, 1.807) is 6.92 Å². The highest BCUT2D eigenvalue weighted by Crippen LogP contribution is 2.35. The maximum Gasteiger partial charge on any atom is 0.271 e. The fourth-order valence-electron chi connectivity index (χ4n) is 1.16. The van der Waals surface area contributed by atoms with Gasteiger partial charge in [0.2, 0.25) is 0 Å². The van der Waals surface area contributed by atoms with Gasteiger partial charge in [0, 0.05) is 22.2 Å². The first-order valence-electron chi connectivity index (χ1n) is 4.28. The number of hydrogen-bond acceptors (Lipinski definition) is 3. The van der Waals surface area contributed by atoms with Gasteiger partial charge in [0.05, 0.1) is 16.0 Å². The molecule has 0 saturated carbocycles. The van der Waals surface area contributed by atoms with E-state index in [0.29, 0.717) is 21.5 Å². The summed E-state index contributed by atoms with van der Waals surface area (Å²) >= 11 is 9.03. The van der Waals surface area contributed by atoms with E-state index in [-0.39, 0.29) is 5.69 Å². The minimum absolute atomic E-state index is 0.0891. The molecule has 1 N–H and O–H groups in total. The topological polar surface area (TPSA) is 63.4 Å². The Morgan fingerprint density at radius 3 is 2.73 bits per heavy atom. The molecule has 4 nitrogen and oxygen atoms in total. The van der Waals surface area contributed by atoms with Crippen LogP contribution in [0, 0.1) is 10.1 Å². The molecule has 1 aromatic rings. The van der Waals surface area contributed by atoms with Crippen LogP contribution in [0.5, 0.6) is 0 Å². The number of hydrogen-bond donors (Lipinski definition) is 1. The van der Waals surface area contributed by atoms with Crippen LogP contribution in [0.15, 0.2) is 16.6 Å². The first-order chi connectivity index (χ1) is 6.97. The lowest BCUT2D eigenvalue weighted by molar-refractivity contribution is -0.385. The number of non-ortho nitro benzene ring substituents is 1. The van der Waals surface area contributed by atoms with Crippen molar-refractivity contribution in [1.82, 2.24) is 0 Å². The Morgan fingerprint density at radius 2 is 2.27 bits per heavy atom. The van der Waals surface area contributed by atoms with Crippen LogP contribution in [0.1, 0.15) is 25.0 Å². The molecule has 0 heterocycles. The molecule has 6 heteroatoms. The summed E-state index contributed by atoms with van der Waals surface area (Å²) in [5, 5.41) is 20.5. The Bertz CT molecular complexity index is 397. The van der Waals surface area contributed by atoms with Crippen molar-refractivity contribution in [2.45, 2.75) is 19.4 Å². The molecule has 0 fully saturated rings. The van der Waals surface area contributed by atoms with Gasteiger partial charge < -0.3 is 5.11 Å². The van der Waals surface area contributed by atoms with E-state index >= 15 is 0 Å². The molecule has 0 amide bonds. The summed E-state index contributed by atoms with van der Waals surface area (Å²) in [4.78, 5) is 10.1. The van der Waals surface area contributed by atoms with Crippen LogP contribution in [0.4, 0.5) is 5.69 Å². The van der Waals surface area contributed by atoms with Crippen LogP contribution in [0.2, 0.25) is 5.02 Å². The smallest absolute Gasteiger partial charge is 0.271 e. The number of rotatable bonds is 3. The Hall–Kier alpha value is -0.650. The van der Waals surface area contributed by atoms with Crippen molar-refractivity contribution >= 4 is 33.2 Å². The van der Waals surface area contributed by atoms with Gasteiger partial charge in [-0.15, -0.1) is 0 Å². The van der Waals surface area contributed by atoms with E-state index in [0.717, 1.165) is 0 Å². The highest BCUT2D eigenvalue weighted by atomic mass is 79.9. The molecule has 0 aliphatic carbocycles. The maximum absolute atomic E-state index is 10.6. The molecular formula is C9H9BrClNO3. The Kier molecular flexibility index (Phi) is 4.07. The molecular weight excluding hydrogens is 285 g/mol. The van der Waals surface area contributed by atoms with Crippen molar-refractivity contribution in [3.63, 3.8) is 0 Å². The molecule has 1 rings (SSSR count). The zero-order valence-electron chi connectivity index (χ0n) is 7.91. The Labute approximate surface area is 100 Å². The minimum Gasteiger partial charge on any atom is -0.388 e. The first kappa shape index (κ1) is 12.4. The van der Waals surface area contributed by atoms with Crippen molar-refractivity contribution in [2.75, 3.05) is 0 Å². The molecule has 0 spiro atoms. The summed E-state index contributed by atoms with van der Waals surface area (Å²) in [6.45, 7) is 1.77. The highest BCUT2D eigenvalue weighted by molar-refractivity contribution is 9.10. The lowest BCUT2D eigenvalue weighted by Gasteiger charge is -2.11. The van der Waals surface area contributed by atoms with Gasteiger partial charge in [0.15, 0.2) is 0 Å². The van der Waals surface area contributed by atoms with Gasteiger partial charge in [-0.2, -0.15) is 0 Å². The molecule has 0 bridgehead atoms. The summed E-state index contributed by atoms with van der Waals surface area (Å²) in [5.74, 6) is 0. The second kappa shape index (κ2) is 4.92. The molecule has 0 aliphatic heterocycles. The second-order valence-corrected chi connectivity index (χ2v) is 4.24. The van der Waals surface area contributed by atoms with Gasteiger partial charge in [-0.3, -0.25) is 10.1 Å². The van der Waals surface area contributed by atoms with Crippen molar-refractivity contribution < 1.29 is 10.0 Å². The predicted octanol–water partition coefficient (Wildman–Crippen LogP) is 3.45. The standard InChI is InChI=1S/C9H9BrClNO3/c1-2-8(13)6-3-5(12(14)15)4-7(10)9(6)11/h3-4,8,13H,2H2,1H3. The molecule has 0 aliphatic rings. The second-order valence-electron chi connectivity index (χ2n) is 3.01.